The van der Waals surface area contributed by atoms with Crippen LogP contribution in [0, 0.1) is 11.8 Å². The summed E-state index contributed by atoms with van der Waals surface area (Å²) in [5, 5.41) is 14.3. The Bertz CT molecular complexity index is 1370. The maximum absolute atomic E-state index is 13.3. The highest BCUT2D eigenvalue weighted by molar-refractivity contribution is 6.04. The third-order valence-electron chi connectivity index (χ3n) is 7.46. The Labute approximate surface area is 225 Å². The average Bonchev–Trinajstić information content (AvgIpc) is 3.28. The Morgan fingerprint density at radius 3 is 2.62 bits per heavy atom. The first-order chi connectivity index (χ1) is 18.4. The maximum atomic E-state index is 13.3. The van der Waals surface area contributed by atoms with Gasteiger partial charge in [-0.05, 0) is 60.5 Å². The summed E-state index contributed by atoms with van der Waals surface area (Å²) in [5.41, 5.74) is 0.132. The number of carbonyl (C=O) groups is 1. The number of anilines is 1. The molecular formula is C28H35F3N6O2. The zero-order valence-electron chi connectivity index (χ0n) is 22.7. The second-order valence-corrected chi connectivity index (χ2v) is 10.9. The van der Waals surface area contributed by atoms with Gasteiger partial charge in [0.1, 0.15) is 24.3 Å². The number of alkyl halides is 3. The maximum Gasteiger partial charge on any atom is 0.406 e. The fraction of sp³-hybridized carbons (Fsp3) is 0.500. The standard InChI is InChI=1S/C28H35F3N6O2/c1-5-18(2)13-32-14-20-9-23(25(39)37(15-20)16-28(29,30)31)24(38)34-22-8-6-7-21(10-22)27(11-19(3)12-27)26-35-33-17-36(26)4/h6-10,15,17-19,32H,5,11-14,16H2,1-4H3,(H,34,38)/t18?,19-,27+. The van der Waals surface area contributed by atoms with Gasteiger partial charge in [-0.2, -0.15) is 13.2 Å². The minimum atomic E-state index is -4.61. The predicted octanol–water partition coefficient (Wildman–Crippen LogP) is 4.64. The van der Waals surface area contributed by atoms with E-state index in [0.29, 0.717) is 34.2 Å². The van der Waals surface area contributed by atoms with Gasteiger partial charge in [-0.1, -0.05) is 39.3 Å². The summed E-state index contributed by atoms with van der Waals surface area (Å²) < 4.78 is 42.1. The first-order valence-electron chi connectivity index (χ1n) is 13.2. The number of halogens is 3. The number of carbonyl (C=O) groups excluding carboxylic acids is 1. The van der Waals surface area contributed by atoms with Crippen LogP contribution in [0.15, 0.2) is 47.7 Å². The van der Waals surface area contributed by atoms with Gasteiger partial charge in [0, 0.05) is 25.5 Å². The van der Waals surface area contributed by atoms with Crippen molar-refractivity contribution in [3.63, 3.8) is 0 Å². The summed E-state index contributed by atoms with van der Waals surface area (Å²) >= 11 is 0. The highest BCUT2D eigenvalue weighted by Crippen LogP contribution is 2.51. The van der Waals surface area contributed by atoms with Crippen LogP contribution in [0.1, 0.15) is 67.3 Å². The van der Waals surface area contributed by atoms with Crippen molar-refractivity contribution in [1.82, 2.24) is 24.6 Å². The van der Waals surface area contributed by atoms with Gasteiger partial charge in [-0.15, -0.1) is 10.2 Å². The Kier molecular flexibility index (Phi) is 8.29. The number of aryl methyl sites for hydroxylation is 1. The normalized spacial score (nSPS) is 19.9. The molecule has 2 aromatic heterocycles. The molecule has 0 bridgehead atoms. The molecule has 11 heteroatoms. The Balaban J connectivity index is 1.62. The third kappa shape index (κ3) is 6.41. The summed E-state index contributed by atoms with van der Waals surface area (Å²) in [6.07, 6.45) is 0.893. The van der Waals surface area contributed by atoms with E-state index < -0.39 is 24.2 Å². The minimum Gasteiger partial charge on any atom is -0.322 e. The van der Waals surface area contributed by atoms with Gasteiger partial charge < -0.3 is 19.8 Å². The third-order valence-corrected chi connectivity index (χ3v) is 7.46. The number of amides is 1. The summed E-state index contributed by atoms with van der Waals surface area (Å²) in [4.78, 5) is 26.2. The molecule has 1 amide bonds. The molecule has 2 heterocycles. The van der Waals surface area contributed by atoms with E-state index in [1.54, 1.807) is 12.4 Å². The molecule has 1 aromatic carbocycles. The van der Waals surface area contributed by atoms with Crippen LogP contribution in [0.3, 0.4) is 0 Å². The van der Waals surface area contributed by atoms with Crippen molar-refractivity contribution in [2.75, 3.05) is 11.9 Å². The van der Waals surface area contributed by atoms with Crippen molar-refractivity contribution in [3.05, 3.63) is 75.7 Å². The van der Waals surface area contributed by atoms with Crippen LogP contribution in [0.25, 0.3) is 0 Å². The van der Waals surface area contributed by atoms with E-state index in [1.165, 1.54) is 12.3 Å². The van der Waals surface area contributed by atoms with Crippen molar-refractivity contribution in [3.8, 4) is 0 Å². The quantitative estimate of drug-likeness (QED) is 0.388. The molecule has 0 radical (unpaired) electrons. The monoisotopic (exact) mass is 544 g/mol. The predicted molar refractivity (Wildman–Crippen MR) is 142 cm³/mol. The molecule has 0 spiro atoms. The van der Waals surface area contributed by atoms with Crippen LogP contribution in [0.2, 0.25) is 0 Å². The average molecular weight is 545 g/mol. The number of benzene rings is 1. The summed E-state index contributed by atoms with van der Waals surface area (Å²) in [6.45, 7) is 5.69. The molecular weight excluding hydrogens is 509 g/mol. The summed E-state index contributed by atoms with van der Waals surface area (Å²) in [5.74, 6) is 0.941. The van der Waals surface area contributed by atoms with Crippen LogP contribution < -0.4 is 16.2 Å². The van der Waals surface area contributed by atoms with Gasteiger partial charge in [-0.3, -0.25) is 9.59 Å². The van der Waals surface area contributed by atoms with Gasteiger partial charge in [0.25, 0.3) is 11.5 Å². The van der Waals surface area contributed by atoms with Crippen LogP contribution in [-0.4, -0.2) is 38.0 Å². The first kappa shape index (κ1) is 28.5. The van der Waals surface area contributed by atoms with Crippen LogP contribution in [-0.2, 0) is 25.6 Å². The number of hydrogen-bond donors (Lipinski definition) is 2. The Morgan fingerprint density at radius 2 is 2.00 bits per heavy atom. The molecule has 1 unspecified atom stereocenters. The molecule has 8 nitrogen and oxygen atoms in total. The van der Waals surface area contributed by atoms with E-state index in [1.807, 2.05) is 36.7 Å². The minimum absolute atomic E-state index is 0.233. The van der Waals surface area contributed by atoms with E-state index in [4.69, 9.17) is 0 Å². The largest absolute Gasteiger partial charge is 0.406 e. The van der Waals surface area contributed by atoms with Gasteiger partial charge in [-0.25, -0.2) is 0 Å². The summed E-state index contributed by atoms with van der Waals surface area (Å²) in [7, 11) is 1.89. The van der Waals surface area contributed by atoms with Crippen LogP contribution >= 0.6 is 0 Å². The first-order valence-corrected chi connectivity index (χ1v) is 13.2. The topological polar surface area (TPSA) is 93.8 Å². The van der Waals surface area contributed by atoms with Gasteiger partial charge in [0.15, 0.2) is 0 Å². The number of nitrogens with zero attached hydrogens (tertiary/aromatic N) is 4. The Morgan fingerprint density at radius 1 is 1.26 bits per heavy atom. The molecule has 1 fully saturated rings. The fourth-order valence-electron chi connectivity index (χ4n) is 5.36. The van der Waals surface area contributed by atoms with Crippen molar-refractivity contribution < 1.29 is 18.0 Å². The number of pyridine rings is 1. The van der Waals surface area contributed by atoms with E-state index in [0.717, 1.165) is 30.7 Å². The van der Waals surface area contributed by atoms with E-state index in [2.05, 4.69) is 34.7 Å². The highest BCUT2D eigenvalue weighted by atomic mass is 19.4. The van der Waals surface area contributed by atoms with E-state index >= 15 is 0 Å². The molecule has 3 aromatic rings. The lowest BCUT2D eigenvalue weighted by Crippen LogP contribution is -2.43. The molecule has 0 aliphatic heterocycles. The number of hydrogen-bond acceptors (Lipinski definition) is 5. The van der Waals surface area contributed by atoms with Crippen LogP contribution in [0.4, 0.5) is 18.9 Å². The van der Waals surface area contributed by atoms with Crippen molar-refractivity contribution in [2.24, 2.45) is 18.9 Å². The molecule has 0 saturated heterocycles. The highest BCUT2D eigenvalue weighted by Gasteiger charge is 2.48. The van der Waals surface area contributed by atoms with Crippen molar-refractivity contribution in [1.29, 1.82) is 0 Å². The van der Waals surface area contributed by atoms with Crippen LogP contribution in [0.5, 0.6) is 0 Å². The molecule has 2 N–H and O–H groups in total. The second-order valence-electron chi connectivity index (χ2n) is 10.9. The summed E-state index contributed by atoms with van der Waals surface area (Å²) in [6, 6.07) is 8.68. The van der Waals surface area contributed by atoms with Crippen molar-refractivity contribution in [2.45, 2.75) is 64.7 Å². The molecule has 1 aliphatic rings. The molecule has 39 heavy (non-hydrogen) atoms. The number of aromatic nitrogens is 4. The number of rotatable bonds is 10. The smallest absolute Gasteiger partial charge is 0.322 e. The molecule has 1 saturated carbocycles. The van der Waals surface area contributed by atoms with Gasteiger partial charge >= 0.3 is 6.18 Å². The Hall–Kier alpha value is -3.47. The van der Waals surface area contributed by atoms with Gasteiger partial charge in [0.05, 0.1) is 5.41 Å². The van der Waals surface area contributed by atoms with E-state index in [-0.39, 0.29) is 17.5 Å². The lowest BCUT2D eigenvalue weighted by Gasteiger charge is -2.46. The molecule has 1 atom stereocenters. The van der Waals surface area contributed by atoms with Crippen molar-refractivity contribution >= 4 is 11.6 Å². The zero-order chi connectivity index (χ0) is 28.4. The lowest BCUT2D eigenvalue weighted by atomic mass is 9.58. The fourth-order valence-corrected chi connectivity index (χ4v) is 5.36. The molecule has 4 rings (SSSR count). The zero-order valence-corrected chi connectivity index (χ0v) is 22.7. The van der Waals surface area contributed by atoms with Gasteiger partial charge in [0.2, 0.25) is 0 Å². The molecule has 210 valence electrons. The molecule has 1 aliphatic carbocycles. The lowest BCUT2D eigenvalue weighted by molar-refractivity contribution is -0.141. The number of nitrogens with one attached hydrogen (secondary N) is 2. The SMILES string of the molecule is CCC(C)CNCc1cc(C(=O)Nc2cccc([C@]3(c4nncn4C)C[C@@H](C)C3)c2)c(=O)n(CC(F)(F)F)c1. The second kappa shape index (κ2) is 11.3. The van der Waals surface area contributed by atoms with E-state index in [9.17, 15) is 22.8 Å².